The normalized spacial score (nSPS) is 10.4. The summed E-state index contributed by atoms with van der Waals surface area (Å²) in [6, 6.07) is 17.0. The van der Waals surface area contributed by atoms with Gasteiger partial charge in [0.1, 0.15) is 0 Å². The van der Waals surface area contributed by atoms with Crippen molar-refractivity contribution in [3.8, 4) is 6.07 Å². The second kappa shape index (κ2) is 8.85. The number of nitrogens with one attached hydrogen (secondary N) is 1. The summed E-state index contributed by atoms with van der Waals surface area (Å²) in [6.45, 7) is 7.65. The number of amides is 1. The second-order valence-corrected chi connectivity index (χ2v) is 5.61. The molecule has 0 heterocycles. The molecule has 0 aliphatic heterocycles. The minimum atomic E-state index is -0.162. The Morgan fingerprint density at radius 3 is 2.46 bits per heavy atom. The maximum atomic E-state index is 12.3. The molecule has 0 saturated heterocycles. The Morgan fingerprint density at radius 2 is 1.79 bits per heavy atom. The number of hydrogen-bond donors (Lipinski definition) is 1. The molecule has 2 rings (SSSR count). The van der Waals surface area contributed by atoms with Gasteiger partial charge >= 0.3 is 0 Å². The zero-order valence-corrected chi connectivity index (χ0v) is 14.2. The third-order valence-corrected chi connectivity index (χ3v) is 4.10. The van der Waals surface area contributed by atoms with E-state index in [-0.39, 0.29) is 5.91 Å². The van der Waals surface area contributed by atoms with E-state index in [1.807, 2.05) is 18.2 Å². The fraction of sp³-hybridized carbons (Fsp3) is 0.300. The molecule has 2 aromatic rings. The van der Waals surface area contributed by atoms with Crippen molar-refractivity contribution in [3.05, 3.63) is 70.8 Å². The SMILES string of the molecule is CCN(CC)Cc1ccccc1CNC(=O)c1cccc(C#N)c1. The van der Waals surface area contributed by atoms with Crippen LogP contribution in [-0.4, -0.2) is 23.9 Å². The molecule has 0 spiro atoms. The third kappa shape index (κ3) is 4.68. The summed E-state index contributed by atoms with van der Waals surface area (Å²) >= 11 is 0. The van der Waals surface area contributed by atoms with Crippen molar-refractivity contribution in [1.29, 1.82) is 5.26 Å². The molecule has 0 unspecified atom stereocenters. The molecule has 4 heteroatoms. The number of nitrogens with zero attached hydrogens (tertiary/aromatic N) is 2. The first-order valence-electron chi connectivity index (χ1n) is 8.25. The average Bonchev–Trinajstić information content (AvgIpc) is 2.64. The molecule has 0 saturated carbocycles. The molecule has 0 aromatic heterocycles. The lowest BCUT2D eigenvalue weighted by Gasteiger charge is -2.20. The fourth-order valence-electron chi connectivity index (χ4n) is 2.58. The first-order chi connectivity index (χ1) is 11.7. The van der Waals surface area contributed by atoms with Gasteiger partial charge in [-0.25, -0.2) is 0 Å². The summed E-state index contributed by atoms with van der Waals surface area (Å²) in [5.74, 6) is -0.162. The van der Waals surface area contributed by atoms with Crippen LogP contribution >= 0.6 is 0 Å². The van der Waals surface area contributed by atoms with E-state index >= 15 is 0 Å². The maximum absolute atomic E-state index is 12.3. The molecule has 124 valence electrons. The van der Waals surface area contributed by atoms with E-state index in [1.165, 1.54) is 5.56 Å². The Kier molecular flexibility index (Phi) is 6.53. The van der Waals surface area contributed by atoms with Crippen LogP contribution in [-0.2, 0) is 13.1 Å². The summed E-state index contributed by atoms with van der Waals surface area (Å²) in [7, 11) is 0. The van der Waals surface area contributed by atoms with Crippen LogP contribution in [0, 0.1) is 11.3 Å². The number of rotatable bonds is 7. The highest BCUT2D eigenvalue weighted by Gasteiger charge is 2.09. The quantitative estimate of drug-likeness (QED) is 0.851. The van der Waals surface area contributed by atoms with Gasteiger partial charge in [0.2, 0.25) is 0 Å². The Morgan fingerprint density at radius 1 is 1.08 bits per heavy atom. The minimum absolute atomic E-state index is 0.162. The van der Waals surface area contributed by atoms with E-state index in [4.69, 9.17) is 5.26 Å². The number of nitriles is 1. The minimum Gasteiger partial charge on any atom is -0.348 e. The van der Waals surface area contributed by atoms with Gasteiger partial charge in [0.15, 0.2) is 0 Å². The van der Waals surface area contributed by atoms with E-state index in [0.29, 0.717) is 17.7 Å². The van der Waals surface area contributed by atoms with Crippen LogP contribution in [0.2, 0.25) is 0 Å². The summed E-state index contributed by atoms with van der Waals surface area (Å²) in [4.78, 5) is 14.6. The van der Waals surface area contributed by atoms with Crippen molar-refractivity contribution >= 4 is 5.91 Å². The summed E-state index contributed by atoms with van der Waals surface area (Å²) < 4.78 is 0. The fourth-order valence-corrected chi connectivity index (χ4v) is 2.58. The number of hydrogen-bond acceptors (Lipinski definition) is 3. The van der Waals surface area contributed by atoms with Crippen molar-refractivity contribution in [3.63, 3.8) is 0 Å². The summed E-state index contributed by atoms with van der Waals surface area (Å²) in [6.07, 6.45) is 0. The van der Waals surface area contributed by atoms with Crippen LogP contribution in [0.25, 0.3) is 0 Å². The van der Waals surface area contributed by atoms with E-state index in [0.717, 1.165) is 25.2 Å². The topological polar surface area (TPSA) is 56.1 Å². The van der Waals surface area contributed by atoms with Gasteiger partial charge in [0, 0.05) is 18.7 Å². The van der Waals surface area contributed by atoms with Gasteiger partial charge in [-0.15, -0.1) is 0 Å². The molecule has 0 bridgehead atoms. The monoisotopic (exact) mass is 321 g/mol. The highest BCUT2D eigenvalue weighted by molar-refractivity contribution is 5.94. The highest BCUT2D eigenvalue weighted by Crippen LogP contribution is 2.12. The number of carbonyl (C=O) groups is 1. The lowest BCUT2D eigenvalue weighted by Crippen LogP contribution is -2.26. The molecule has 0 aliphatic carbocycles. The molecule has 2 aromatic carbocycles. The lowest BCUT2D eigenvalue weighted by atomic mass is 10.1. The van der Waals surface area contributed by atoms with Gasteiger partial charge in [-0.05, 0) is 42.4 Å². The molecule has 4 nitrogen and oxygen atoms in total. The summed E-state index contributed by atoms with van der Waals surface area (Å²) in [5.41, 5.74) is 3.35. The van der Waals surface area contributed by atoms with E-state index in [1.54, 1.807) is 24.3 Å². The van der Waals surface area contributed by atoms with Crippen LogP contribution in [0.15, 0.2) is 48.5 Å². The van der Waals surface area contributed by atoms with Crippen LogP contribution < -0.4 is 5.32 Å². The lowest BCUT2D eigenvalue weighted by molar-refractivity contribution is 0.0950. The van der Waals surface area contributed by atoms with E-state index in [9.17, 15) is 4.79 Å². The van der Waals surface area contributed by atoms with Gasteiger partial charge in [0.25, 0.3) is 5.91 Å². The molecular weight excluding hydrogens is 298 g/mol. The van der Waals surface area contributed by atoms with E-state index in [2.05, 4.69) is 36.2 Å². The molecule has 1 N–H and O–H groups in total. The predicted octanol–water partition coefficient (Wildman–Crippen LogP) is 3.33. The highest BCUT2D eigenvalue weighted by atomic mass is 16.1. The molecule has 0 radical (unpaired) electrons. The smallest absolute Gasteiger partial charge is 0.251 e. The van der Waals surface area contributed by atoms with Crippen molar-refractivity contribution in [1.82, 2.24) is 10.2 Å². The van der Waals surface area contributed by atoms with Gasteiger partial charge in [0.05, 0.1) is 11.6 Å². The van der Waals surface area contributed by atoms with Gasteiger partial charge in [-0.3, -0.25) is 9.69 Å². The van der Waals surface area contributed by atoms with Crippen molar-refractivity contribution in [2.75, 3.05) is 13.1 Å². The average molecular weight is 321 g/mol. The maximum Gasteiger partial charge on any atom is 0.251 e. The zero-order valence-electron chi connectivity index (χ0n) is 14.2. The Balaban J connectivity index is 2.06. The standard InChI is InChI=1S/C20H23N3O/c1-3-23(4-2)15-19-10-6-5-9-18(19)14-22-20(24)17-11-7-8-16(12-17)13-21/h5-12H,3-4,14-15H2,1-2H3,(H,22,24). The Labute approximate surface area is 143 Å². The largest absolute Gasteiger partial charge is 0.348 e. The summed E-state index contributed by atoms with van der Waals surface area (Å²) in [5, 5.41) is 11.9. The van der Waals surface area contributed by atoms with Gasteiger partial charge < -0.3 is 5.32 Å². The third-order valence-electron chi connectivity index (χ3n) is 4.10. The van der Waals surface area contributed by atoms with Gasteiger partial charge in [-0.1, -0.05) is 44.2 Å². The molecule has 1 amide bonds. The van der Waals surface area contributed by atoms with E-state index < -0.39 is 0 Å². The van der Waals surface area contributed by atoms with Crippen LogP contribution in [0.3, 0.4) is 0 Å². The number of carbonyl (C=O) groups excluding carboxylic acids is 1. The van der Waals surface area contributed by atoms with Crippen LogP contribution in [0.5, 0.6) is 0 Å². The molecular formula is C20H23N3O. The Bertz CT molecular complexity index is 730. The number of benzene rings is 2. The second-order valence-electron chi connectivity index (χ2n) is 5.61. The molecule has 0 atom stereocenters. The van der Waals surface area contributed by atoms with Crippen molar-refractivity contribution in [2.24, 2.45) is 0 Å². The molecule has 0 fully saturated rings. The van der Waals surface area contributed by atoms with Gasteiger partial charge in [-0.2, -0.15) is 5.26 Å². The van der Waals surface area contributed by atoms with Crippen LogP contribution in [0.4, 0.5) is 0 Å². The Hall–Kier alpha value is -2.64. The van der Waals surface area contributed by atoms with Crippen LogP contribution in [0.1, 0.15) is 40.9 Å². The van der Waals surface area contributed by atoms with Crippen molar-refractivity contribution < 1.29 is 4.79 Å². The molecule has 0 aliphatic rings. The molecule has 24 heavy (non-hydrogen) atoms. The zero-order chi connectivity index (χ0) is 17.4. The first-order valence-corrected chi connectivity index (χ1v) is 8.25. The predicted molar refractivity (Wildman–Crippen MR) is 95.4 cm³/mol. The van der Waals surface area contributed by atoms with Crippen molar-refractivity contribution in [2.45, 2.75) is 26.9 Å². The first kappa shape index (κ1) is 17.7.